The van der Waals surface area contributed by atoms with Crippen molar-refractivity contribution in [2.75, 3.05) is 5.32 Å². The number of nitrogens with one attached hydrogen (secondary N) is 1. The fourth-order valence-corrected chi connectivity index (χ4v) is 4.28. The van der Waals surface area contributed by atoms with Gasteiger partial charge in [0.15, 0.2) is 0 Å². The summed E-state index contributed by atoms with van der Waals surface area (Å²) in [6, 6.07) is 10.4. The Labute approximate surface area is 162 Å². The summed E-state index contributed by atoms with van der Waals surface area (Å²) < 4.78 is 0. The van der Waals surface area contributed by atoms with Gasteiger partial charge in [0.25, 0.3) is 0 Å². The molecule has 3 heteroatoms. The summed E-state index contributed by atoms with van der Waals surface area (Å²) in [5, 5.41) is 3.00. The summed E-state index contributed by atoms with van der Waals surface area (Å²) in [6.07, 6.45) is 1.05. The van der Waals surface area contributed by atoms with Gasteiger partial charge >= 0.3 is 0 Å². The van der Waals surface area contributed by atoms with Crippen molar-refractivity contribution < 1.29 is 4.79 Å². The molecule has 0 saturated heterocycles. The molecule has 0 aliphatic rings. The van der Waals surface area contributed by atoms with Crippen molar-refractivity contribution in [1.29, 1.82) is 0 Å². The van der Waals surface area contributed by atoms with Gasteiger partial charge in [0, 0.05) is 10.6 Å². The average molecular weight is 370 g/mol. The van der Waals surface area contributed by atoms with E-state index < -0.39 is 0 Å². The van der Waals surface area contributed by atoms with E-state index in [0.29, 0.717) is 5.92 Å². The first-order chi connectivity index (χ1) is 12.3. The molecule has 0 aliphatic carbocycles. The Morgan fingerprint density at radius 2 is 1.62 bits per heavy atom. The topological polar surface area (TPSA) is 29.1 Å². The van der Waals surface area contributed by atoms with Crippen LogP contribution in [0.25, 0.3) is 0 Å². The minimum atomic E-state index is -0.154. The van der Waals surface area contributed by atoms with Gasteiger partial charge in [-0.05, 0) is 80.8 Å². The SMILES string of the molecule is CC[C@@H](C)c1ccccc1NC(=O)[C@H](C)Sc1c(C)c(C)cc(C)c1C. The fourth-order valence-electron chi connectivity index (χ4n) is 3.08. The van der Waals surface area contributed by atoms with Crippen LogP contribution in [0.2, 0.25) is 0 Å². The van der Waals surface area contributed by atoms with Gasteiger partial charge in [-0.1, -0.05) is 38.1 Å². The molecular formula is C23H31NOS. The molecule has 2 aromatic rings. The molecule has 0 spiro atoms. The van der Waals surface area contributed by atoms with Gasteiger partial charge < -0.3 is 5.32 Å². The van der Waals surface area contributed by atoms with Gasteiger partial charge in [-0.15, -0.1) is 11.8 Å². The molecule has 2 rings (SSSR count). The lowest BCUT2D eigenvalue weighted by atomic mass is 9.97. The van der Waals surface area contributed by atoms with Crippen LogP contribution in [-0.4, -0.2) is 11.2 Å². The first kappa shape index (κ1) is 20.6. The molecule has 26 heavy (non-hydrogen) atoms. The number of hydrogen-bond acceptors (Lipinski definition) is 2. The number of rotatable bonds is 6. The zero-order valence-corrected chi connectivity index (χ0v) is 17.9. The van der Waals surface area contributed by atoms with E-state index >= 15 is 0 Å². The molecule has 0 fully saturated rings. The predicted octanol–water partition coefficient (Wildman–Crippen LogP) is 6.55. The summed E-state index contributed by atoms with van der Waals surface area (Å²) in [7, 11) is 0. The molecule has 2 aromatic carbocycles. The van der Waals surface area contributed by atoms with E-state index in [0.717, 1.165) is 12.1 Å². The fraction of sp³-hybridized carbons (Fsp3) is 0.435. The van der Waals surface area contributed by atoms with Gasteiger partial charge in [-0.25, -0.2) is 0 Å². The normalized spacial score (nSPS) is 13.3. The third-order valence-corrected chi connectivity index (χ3v) is 6.74. The van der Waals surface area contributed by atoms with E-state index in [1.807, 2.05) is 25.1 Å². The molecule has 0 heterocycles. The molecule has 0 aromatic heterocycles. The maximum absolute atomic E-state index is 12.8. The second-order valence-corrected chi connectivity index (χ2v) is 8.59. The van der Waals surface area contributed by atoms with E-state index in [4.69, 9.17) is 0 Å². The van der Waals surface area contributed by atoms with Crippen LogP contribution in [0, 0.1) is 27.7 Å². The lowest BCUT2D eigenvalue weighted by Crippen LogP contribution is -2.23. The Bertz CT molecular complexity index is 771. The van der Waals surface area contributed by atoms with Crippen molar-refractivity contribution in [2.24, 2.45) is 0 Å². The molecule has 2 nitrogen and oxygen atoms in total. The summed E-state index contributed by atoms with van der Waals surface area (Å²) in [5.41, 5.74) is 7.26. The number of benzene rings is 2. The number of hydrogen-bond donors (Lipinski definition) is 1. The van der Waals surface area contributed by atoms with E-state index in [2.05, 4.69) is 59.0 Å². The monoisotopic (exact) mass is 369 g/mol. The largest absolute Gasteiger partial charge is 0.325 e. The van der Waals surface area contributed by atoms with Crippen LogP contribution in [-0.2, 0) is 4.79 Å². The third-order valence-electron chi connectivity index (χ3n) is 5.32. The van der Waals surface area contributed by atoms with Crippen molar-refractivity contribution in [3.8, 4) is 0 Å². The Morgan fingerprint density at radius 1 is 1.04 bits per heavy atom. The van der Waals surface area contributed by atoms with Gasteiger partial charge in [-0.2, -0.15) is 0 Å². The number of thioether (sulfide) groups is 1. The van der Waals surface area contributed by atoms with Crippen LogP contribution in [0.5, 0.6) is 0 Å². The van der Waals surface area contributed by atoms with Crippen LogP contribution in [0.15, 0.2) is 35.2 Å². The molecule has 0 aliphatic heterocycles. The molecule has 0 bridgehead atoms. The first-order valence-electron chi connectivity index (χ1n) is 9.40. The van der Waals surface area contributed by atoms with E-state index in [1.165, 1.54) is 32.7 Å². The molecule has 1 amide bonds. The smallest absolute Gasteiger partial charge is 0.237 e. The molecule has 0 unspecified atom stereocenters. The Hall–Kier alpha value is -1.74. The number of para-hydroxylation sites is 1. The second kappa shape index (κ2) is 8.77. The zero-order valence-electron chi connectivity index (χ0n) is 17.1. The highest BCUT2D eigenvalue weighted by molar-refractivity contribution is 8.00. The molecule has 140 valence electrons. The average Bonchev–Trinajstić information content (AvgIpc) is 2.63. The first-order valence-corrected chi connectivity index (χ1v) is 10.3. The van der Waals surface area contributed by atoms with Crippen molar-refractivity contribution in [2.45, 2.75) is 71.0 Å². The minimum absolute atomic E-state index is 0.0590. The Kier molecular flexibility index (Phi) is 6.94. The van der Waals surface area contributed by atoms with E-state index in [9.17, 15) is 4.79 Å². The van der Waals surface area contributed by atoms with Crippen LogP contribution >= 0.6 is 11.8 Å². The standard InChI is InChI=1S/C23H31NOS/c1-8-14(2)20-11-9-10-12-21(20)24-23(25)19(7)26-22-17(5)15(3)13-16(4)18(22)6/h9-14,19H,8H2,1-7H3,(H,24,25)/t14-,19+/m1/s1. The summed E-state index contributed by atoms with van der Waals surface area (Å²) in [4.78, 5) is 14.1. The predicted molar refractivity (Wildman–Crippen MR) is 114 cm³/mol. The van der Waals surface area contributed by atoms with Gasteiger partial charge in [0.2, 0.25) is 5.91 Å². The summed E-state index contributed by atoms with van der Waals surface area (Å²) in [6.45, 7) is 14.9. The van der Waals surface area contributed by atoms with Crippen molar-refractivity contribution in [3.05, 3.63) is 58.1 Å². The van der Waals surface area contributed by atoms with E-state index in [1.54, 1.807) is 11.8 Å². The Balaban J connectivity index is 2.20. The minimum Gasteiger partial charge on any atom is -0.325 e. The van der Waals surface area contributed by atoms with Crippen LogP contribution in [0.1, 0.15) is 60.9 Å². The quantitative estimate of drug-likeness (QED) is 0.585. The van der Waals surface area contributed by atoms with Crippen LogP contribution < -0.4 is 5.32 Å². The number of aryl methyl sites for hydroxylation is 2. The van der Waals surface area contributed by atoms with Crippen molar-refractivity contribution in [3.63, 3.8) is 0 Å². The highest BCUT2D eigenvalue weighted by Gasteiger charge is 2.20. The summed E-state index contributed by atoms with van der Waals surface area (Å²) in [5.74, 6) is 0.488. The highest BCUT2D eigenvalue weighted by Crippen LogP contribution is 2.34. The maximum Gasteiger partial charge on any atom is 0.237 e. The van der Waals surface area contributed by atoms with Gasteiger partial charge in [-0.3, -0.25) is 4.79 Å². The molecule has 0 radical (unpaired) electrons. The van der Waals surface area contributed by atoms with Gasteiger partial charge in [0.05, 0.1) is 5.25 Å². The maximum atomic E-state index is 12.8. The van der Waals surface area contributed by atoms with Crippen LogP contribution in [0.3, 0.4) is 0 Å². The molecule has 2 atom stereocenters. The molecule has 1 N–H and O–H groups in total. The zero-order chi connectivity index (χ0) is 19.4. The summed E-state index contributed by atoms with van der Waals surface area (Å²) >= 11 is 1.66. The van der Waals surface area contributed by atoms with Crippen LogP contribution in [0.4, 0.5) is 5.69 Å². The van der Waals surface area contributed by atoms with E-state index in [-0.39, 0.29) is 11.2 Å². The third kappa shape index (κ3) is 4.50. The number of anilines is 1. The molecule has 0 saturated carbocycles. The number of amides is 1. The van der Waals surface area contributed by atoms with Crippen molar-refractivity contribution in [1.82, 2.24) is 0 Å². The molecular weight excluding hydrogens is 338 g/mol. The highest BCUT2D eigenvalue weighted by atomic mass is 32.2. The second-order valence-electron chi connectivity index (χ2n) is 7.24. The lowest BCUT2D eigenvalue weighted by molar-refractivity contribution is -0.115. The number of carbonyl (C=O) groups is 1. The lowest BCUT2D eigenvalue weighted by Gasteiger charge is -2.20. The number of carbonyl (C=O) groups excluding carboxylic acids is 1. The van der Waals surface area contributed by atoms with Gasteiger partial charge in [0.1, 0.15) is 0 Å². The van der Waals surface area contributed by atoms with Crippen molar-refractivity contribution >= 4 is 23.4 Å². The Morgan fingerprint density at radius 3 is 2.19 bits per heavy atom.